The number of benzene rings is 1. The first-order valence-electron chi connectivity index (χ1n) is 6.48. The Balaban J connectivity index is 2.06. The molecule has 0 radical (unpaired) electrons. The minimum absolute atomic E-state index is 0.208. The highest BCUT2D eigenvalue weighted by atomic mass is 79.9. The smallest absolute Gasteiger partial charge is 0.321 e. The third-order valence-electron chi connectivity index (χ3n) is 3.64. The van der Waals surface area contributed by atoms with E-state index in [1.807, 2.05) is 0 Å². The van der Waals surface area contributed by atoms with Gasteiger partial charge in [-0.15, -0.1) is 0 Å². The quantitative estimate of drug-likeness (QED) is 0.872. The summed E-state index contributed by atoms with van der Waals surface area (Å²) in [6.07, 6.45) is 0.456. The third kappa shape index (κ3) is 3.47. The molecule has 0 spiro atoms. The van der Waals surface area contributed by atoms with Crippen LogP contribution in [0.25, 0.3) is 0 Å². The molecule has 2 amide bonds. The van der Waals surface area contributed by atoms with Crippen LogP contribution in [-0.2, 0) is 4.79 Å². The SMILES string of the molecule is COc1cc(Br)cc(NC(=O)N2CCC(C)(C(=O)O)C2)c1. The summed E-state index contributed by atoms with van der Waals surface area (Å²) in [5.41, 5.74) is -0.276. The Morgan fingerprint density at radius 1 is 1.43 bits per heavy atom. The van der Waals surface area contributed by atoms with Crippen LogP contribution in [-0.4, -0.2) is 42.2 Å². The summed E-state index contributed by atoms with van der Waals surface area (Å²) in [6.45, 7) is 2.30. The average molecular weight is 357 g/mol. The number of amides is 2. The molecule has 7 heteroatoms. The highest BCUT2D eigenvalue weighted by Gasteiger charge is 2.42. The van der Waals surface area contributed by atoms with Crippen LogP contribution in [0, 0.1) is 5.41 Å². The van der Waals surface area contributed by atoms with E-state index in [-0.39, 0.29) is 12.6 Å². The number of carbonyl (C=O) groups is 2. The maximum atomic E-state index is 12.2. The number of methoxy groups -OCH3 is 1. The molecule has 1 atom stereocenters. The van der Waals surface area contributed by atoms with Crippen molar-refractivity contribution in [1.82, 2.24) is 4.90 Å². The number of hydrogen-bond acceptors (Lipinski definition) is 3. The number of rotatable bonds is 3. The van der Waals surface area contributed by atoms with Crippen LogP contribution in [0.4, 0.5) is 10.5 Å². The summed E-state index contributed by atoms with van der Waals surface area (Å²) >= 11 is 3.34. The van der Waals surface area contributed by atoms with Crippen molar-refractivity contribution in [1.29, 1.82) is 0 Å². The van der Waals surface area contributed by atoms with Gasteiger partial charge >= 0.3 is 12.0 Å². The van der Waals surface area contributed by atoms with Gasteiger partial charge in [0.15, 0.2) is 0 Å². The van der Waals surface area contributed by atoms with Crippen molar-refractivity contribution in [2.24, 2.45) is 5.41 Å². The number of carboxylic acid groups (broad SMARTS) is 1. The van der Waals surface area contributed by atoms with Gasteiger partial charge in [-0.2, -0.15) is 0 Å². The minimum atomic E-state index is -0.873. The molecule has 1 aliphatic heterocycles. The van der Waals surface area contributed by atoms with Crippen molar-refractivity contribution in [2.75, 3.05) is 25.5 Å². The van der Waals surface area contributed by atoms with E-state index < -0.39 is 11.4 Å². The second-order valence-electron chi connectivity index (χ2n) is 5.35. The molecule has 6 nitrogen and oxygen atoms in total. The number of nitrogens with zero attached hydrogens (tertiary/aromatic N) is 1. The van der Waals surface area contributed by atoms with Crippen LogP contribution >= 0.6 is 15.9 Å². The van der Waals surface area contributed by atoms with Crippen LogP contribution in [0.3, 0.4) is 0 Å². The van der Waals surface area contributed by atoms with Gasteiger partial charge in [0, 0.05) is 29.3 Å². The Morgan fingerprint density at radius 3 is 2.71 bits per heavy atom. The molecule has 1 aliphatic rings. The van der Waals surface area contributed by atoms with Crippen LogP contribution in [0.1, 0.15) is 13.3 Å². The van der Waals surface area contributed by atoms with Gasteiger partial charge in [-0.05, 0) is 25.5 Å². The average Bonchev–Trinajstić information content (AvgIpc) is 2.82. The Morgan fingerprint density at radius 2 is 2.14 bits per heavy atom. The molecular weight excluding hydrogens is 340 g/mol. The lowest BCUT2D eigenvalue weighted by Crippen LogP contribution is -2.37. The van der Waals surface area contributed by atoms with Crippen LogP contribution in [0.2, 0.25) is 0 Å². The Kier molecular flexibility index (Phi) is 4.41. The number of likely N-dealkylation sites (tertiary alicyclic amines) is 1. The molecule has 1 heterocycles. The number of halogens is 1. The van der Waals surface area contributed by atoms with Gasteiger partial charge in [0.25, 0.3) is 0 Å². The van der Waals surface area contributed by atoms with E-state index in [2.05, 4.69) is 21.2 Å². The van der Waals surface area contributed by atoms with Crippen LogP contribution < -0.4 is 10.1 Å². The second kappa shape index (κ2) is 5.93. The van der Waals surface area contributed by atoms with Gasteiger partial charge in [0.1, 0.15) is 5.75 Å². The molecule has 21 heavy (non-hydrogen) atoms. The lowest BCUT2D eigenvalue weighted by Gasteiger charge is -2.20. The van der Waals surface area contributed by atoms with E-state index in [9.17, 15) is 14.7 Å². The van der Waals surface area contributed by atoms with Crippen molar-refractivity contribution in [3.63, 3.8) is 0 Å². The van der Waals surface area contributed by atoms with E-state index in [0.717, 1.165) is 4.47 Å². The van der Waals surface area contributed by atoms with Crippen molar-refractivity contribution in [3.05, 3.63) is 22.7 Å². The molecule has 0 saturated carbocycles. The van der Waals surface area contributed by atoms with Gasteiger partial charge in [-0.1, -0.05) is 15.9 Å². The van der Waals surface area contributed by atoms with E-state index in [4.69, 9.17) is 4.74 Å². The molecule has 0 bridgehead atoms. The normalized spacial score (nSPS) is 21.2. The number of urea groups is 1. The first kappa shape index (κ1) is 15.6. The predicted molar refractivity (Wildman–Crippen MR) is 81.6 cm³/mol. The van der Waals surface area contributed by atoms with Gasteiger partial charge < -0.3 is 20.1 Å². The summed E-state index contributed by atoms with van der Waals surface area (Å²) in [6, 6.07) is 4.94. The number of carboxylic acids is 1. The molecular formula is C14H17BrN2O4. The lowest BCUT2D eigenvalue weighted by molar-refractivity contribution is -0.146. The van der Waals surface area contributed by atoms with Crippen molar-refractivity contribution in [2.45, 2.75) is 13.3 Å². The highest BCUT2D eigenvalue weighted by molar-refractivity contribution is 9.10. The standard InChI is InChI=1S/C14H17BrN2O4/c1-14(12(18)19)3-4-17(8-14)13(20)16-10-5-9(15)6-11(7-10)21-2/h5-7H,3-4,8H2,1-2H3,(H,16,20)(H,18,19). The van der Waals surface area contributed by atoms with Crippen LogP contribution in [0.15, 0.2) is 22.7 Å². The van der Waals surface area contributed by atoms with E-state index in [0.29, 0.717) is 24.4 Å². The zero-order chi connectivity index (χ0) is 15.6. The van der Waals surface area contributed by atoms with Gasteiger partial charge in [-0.25, -0.2) is 4.79 Å². The molecule has 114 valence electrons. The molecule has 1 aromatic rings. The summed E-state index contributed by atoms with van der Waals surface area (Å²) in [4.78, 5) is 24.9. The summed E-state index contributed by atoms with van der Waals surface area (Å²) < 4.78 is 5.92. The Labute approximate surface area is 131 Å². The molecule has 0 aromatic heterocycles. The van der Waals surface area contributed by atoms with Crippen molar-refractivity contribution in [3.8, 4) is 5.75 Å². The summed E-state index contributed by atoms with van der Waals surface area (Å²) in [5.74, 6) is -0.251. The number of anilines is 1. The summed E-state index contributed by atoms with van der Waals surface area (Å²) in [5, 5.41) is 11.9. The fourth-order valence-corrected chi connectivity index (χ4v) is 2.74. The van der Waals surface area contributed by atoms with Gasteiger partial charge in [0.05, 0.1) is 12.5 Å². The molecule has 0 aliphatic carbocycles. The van der Waals surface area contributed by atoms with E-state index in [1.54, 1.807) is 32.2 Å². The zero-order valence-corrected chi connectivity index (χ0v) is 13.4. The highest BCUT2D eigenvalue weighted by Crippen LogP contribution is 2.31. The predicted octanol–water partition coefficient (Wildman–Crippen LogP) is 2.79. The maximum Gasteiger partial charge on any atom is 0.321 e. The monoisotopic (exact) mass is 356 g/mol. The maximum absolute atomic E-state index is 12.2. The Bertz CT molecular complexity index is 578. The topological polar surface area (TPSA) is 78.9 Å². The van der Waals surface area contributed by atoms with Gasteiger partial charge in [-0.3, -0.25) is 4.79 Å². The van der Waals surface area contributed by atoms with E-state index >= 15 is 0 Å². The molecule has 2 N–H and O–H groups in total. The Hall–Kier alpha value is -1.76. The van der Waals surface area contributed by atoms with E-state index in [1.165, 1.54) is 4.90 Å². The fourth-order valence-electron chi connectivity index (χ4n) is 2.26. The molecule has 1 saturated heterocycles. The van der Waals surface area contributed by atoms with Crippen molar-refractivity contribution < 1.29 is 19.4 Å². The molecule has 1 aromatic carbocycles. The largest absolute Gasteiger partial charge is 0.497 e. The summed E-state index contributed by atoms with van der Waals surface area (Å²) in [7, 11) is 1.55. The second-order valence-corrected chi connectivity index (χ2v) is 6.26. The van der Waals surface area contributed by atoms with Crippen LogP contribution in [0.5, 0.6) is 5.75 Å². The number of nitrogens with one attached hydrogen (secondary N) is 1. The van der Waals surface area contributed by atoms with Gasteiger partial charge in [0.2, 0.25) is 0 Å². The first-order chi connectivity index (χ1) is 9.84. The fraction of sp³-hybridized carbons (Fsp3) is 0.429. The number of hydrogen-bond donors (Lipinski definition) is 2. The molecule has 1 unspecified atom stereocenters. The number of carbonyl (C=O) groups excluding carboxylic acids is 1. The number of ether oxygens (including phenoxy) is 1. The molecule has 2 rings (SSSR count). The van der Waals surface area contributed by atoms with Crippen molar-refractivity contribution >= 4 is 33.6 Å². The third-order valence-corrected chi connectivity index (χ3v) is 4.09. The minimum Gasteiger partial charge on any atom is -0.497 e. The first-order valence-corrected chi connectivity index (χ1v) is 7.27. The zero-order valence-electron chi connectivity index (χ0n) is 11.9. The lowest BCUT2D eigenvalue weighted by atomic mass is 9.90. The molecule has 1 fully saturated rings. The number of aliphatic carboxylic acids is 1.